The van der Waals surface area contributed by atoms with Crippen molar-refractivity contribution in [1.29, 1.82) is 5.26 Å². The molecule has 1 amide bonds. The molecule has 0 radical (unpaired) electrons. The van der Waals surface area contributed by atoms with Crippen molar-refractivity contribution in [3.63, 3.8) is 0 Å². The molecular formula is C15H20N2O3. The van der Waals surface area contributed by atoms with E-state index in [9.17, 15) is 9.90 Å². The standard InChI is InChI=1S/C15H20N2O3/c1-3-15(4-2,11-18)17-14(19)10-20-13-8-6-5-7-12(13)9-16/h5-8,18H,3-4,10-11H2,1-2H3,(H,17,19). The van der Waals surface area contributed by atoms with E-state index in [1.54, 1.807) is 24.3 Å². The molecule has 0 heterocycles. The summed E-state index contributed by atoms with van der Waals surface area (Å²) in [6.07, 6.45) is 1.28. The highest BCUT2D eigenvalue weighted by Crippen LogP contribution is 2.17. The maximum atomic E-state index is 11.9. The van der Waals surface area contributed by atoms with Gasteiger partial charge < -0.3 is 15.2 Å². The van der Waals surface area contributed by atoms with Crippen molar-refractivity contribution in [3.05, 3.63) is 29.8 Å². The van der Waals surface area contributed by atoms with E-state index >= 15 is 0 Å². The lowest BCUT2D eigenvalue weighted by Gasteiger charge is -2.30. The molecule has 0 spiro atoms. The summed E-state index contributed by atoms with van der Waals surface area (Å²) >= 11 is 0. The second-order valence-corrected chi connectivity index (χ2v) is 4.59. The van der Waals surface area contributed by atoms with Gasteiger partial charge in [-0.3, -0.25) is 4.79 Å². The lowest BCUT2D eigenvalue weighted by Crippen LogP contribution is -2.51. The van der Waals surface area contributed by atoms with Gasteiger partial charge in [0.05, 0.1) is 17.7 Å². The highest BCUT2D eigenvalue weighted by molar-refractivity contribution is 5.78. The summed E-state index contributed by atoms with van der Waals surface area (Å²) in [6.45, 7) is 3.53. The zero-order chi connectivity index (χ0) is 15.0. The number of nitriles is 1. The number of aliphatic hydroxyl groups is 1. The van der Waals surface area contributed by atoms with E-state index in [1.165, 1.54) is 0 Å². The van der Waals surface area contributed by atoms with Gasteiger partial charge in [-0.1, -0.05) is 26.0 Å². The number of carbonyl (C=O) groups is 1. The molecule has 20 heavy (non-hydrogen) atoms. The van der Waals surface area contributed by atoms with Gasteiger partial charge in [-0.2, -0.15) is 5.26 Å². The fourth-order valence-electron chi connectivity index (χ4n) is 1.85. The van der Waals surface area contributed by atoms with Gasteiger partial charge in [0.1, 0.15) is 11.8 Å². The molecule has 5 heteroatoms. The molecule has 0 aliphatic heterocycles. The smallest absolute Gasteiger partial charge is 0.258 e. The topological polar surface area (TPSA) is 82.3 Å². The average molecular weight is 276 g/mol. The average Bonchev–Trinajstić information content (AvgIpc) is 2.51. The summed E-state index contributed by atoms with van der Waals surface area (Å²) in [5.74, 6) is 0.0724. The zero-order valence-corrected chi connectivity index (χ0v) is 11.8. The maximum Gasteiger partial charge on any atom is 0.258 e. The van der Waals surface area contributed by atoms with Crippen LogP contribution in [0.2, 0.25) is 0 Å². The first kappa shape index (κ1) is 16.0. The summed E-state index contributed by atoms with van der Waals surface area (Å²) in [5.41, 5.74) is -0.213. The van der Waals surface area contributed by atoms with Crippen molar-refractivity contribution in [2.24, 2.45) is 0 Å². The third-order valence-corrected chi connectivity index (χ3v) is 3.43. The quantitative estimate of drug-likeness (QED) is 0.792. The van der Waals surface area contributed by atoms with Crippen molar-refractivity contribution in [2.45, 2.75) is 32.2 Å². The number of para-hydroxylation sites is 1. The molecule has 0 unspecified atom stereocenters. The Morgan fingerprint density at radius 2 is 2.05 bits per heavy atom. The van der Waals surface area contributed by atoms with Crippen LogP contribution in [0, 0.1) is 11.3 Å². The fraction of sp³-hybridized carbons (Fsp3) is 0.467. The van der Waals surface area contributed by atoms with Crippen molar-refractivity contribution in [2.75, 3.05) is 13.2 Å². The minimum atomic E-state index is -0.602. The van der Waals surface area contributed by atoms with Gasteiger partial charge >= 0.3 is 0 Å². The minimum Gasteiger partial charge on any atom is -0.482 e. The first-order valence-corrected chi connectivity index (χ1v) is 6.64. The van der Waals surface area contributed by atoms with Gasteiger partial charge in [0, 0.05) is 0 Å². The molecular weight excluding hydrogens is 256 g/mol. The third-order valence-electron chi connectivity index (χ3n) is 3.43. The molecule has 1 rings (SSSR count). The molecule has 2 N–H and O–H groups in total. The van der Waals surface area contributed by atoms with Gasteiger partial charge in [0.25, 0.3) is 5.91 Å². The van der Waals surface area contributed by atoms with Crippen LogP contribution in [0.15, 0.2) is 24.3 Å². The van der Waals surface area contributed by atoms with Crippen molar-refractivity contribution in [3.8, 4) is 11.8 Å². The summed E-state index contributed by atoms with van der Waals surface area (Å²) in [6, 6.07) is 8.75. The number of rotatable bonds is 7. The summed E-state index contributed by atoms with van der Waals surface area (Å²) in [7, 11) is 0. The Kier molecular flexibility index (Phi) is 6.01. The number of nitrogens with zero attached hydrogens (tertiary/aromatic N) is 1. The van der Waals surface area contributed by atoms with Crippen LogP contribution in [0.3, 0.4) is 0 Å². The van der Waals surface area contributed by atoms with Crippen molar-refractivity contribution >= 4 is 5.91 Å². The molecule has 5 nitrogen and oxygen atoms in total. The second-order valence-electron chi connectivity index (χ2n) is 4.59. The Morgan fingerprint density at radius 3 is 2.60 bits per heavy atom. The van der Waals surface area contributed by atoms with E-state index in [2.05, 4.69) is 5.32 Å². The van der Waals surface area contributed by atoms with Gasteiger partial charge in [-0.15, -0.1) is 0 Å². The van der Waals surface area contributed by atoms with E-state index in [0.717, 1.165) is 0 Å². The van der Waals surface area contributed by atoms with Crippen LogP contribution in [-0.2, 0) is 4.79 Å². The fourth-order valence-corrected chi connectivity index (χ4v) is 1.85. The molecule has 0 bridgehead atoms. The van der Waals surface area contributed by atoms with Crippen LogP contribution in [-0.4, -0.2) is 29.8 Å². The highest BCUT2D eigenvalue weighted by atomic mass is 16.5. The Labute approximate surface area is 119 Å². The number of benzene rings is 1. The highest BCUT2D eigenvalue weighted by Gasteiger charge is 2.27. The first-order valence-electron chi connectivity index (χ1n) is 6.64. The Bertz CT molecular complexity index is 482. The summed E-state index contributed by atoms with van der Waals surface area (Å²) < 4.78 is 5.35. The molecule has 1 aromatic rings. The minimum absolute atomic E-state index is 0.111. The lowest BCUT2D eigenvalue weighted by atomic mass is 9.94. The van der Waals surface area contributed by atoms with E-state index in [4.69, 9.17) is 10.00 Å². The van der Waals surface area contributed by atoms with Crippen molar-refractivity contribution in [1.82, 2.24) is 5.32 Å². The predicted octanol–water partition coefficient (Wildman–Crippen LogP) is 1.60. The molecule has 108 valence electrons. The molecule has 0 aromatic heterocycles. The maximum absolute atomic E-state index is 11.9. The van der Waals surface area contributed by atoms with Gasteiger partial charge in [-0.05, 0) is 25.0 Å². The van der Waals surface area contributed by atoms with Crippen molar-refractivity contribution < 1.29 is 14.6 Å². The SMILES string of the molecule is CCC(CC)(CO)NC(=O)COc1ccccc1C#N. The van der Waals surface area contributed by atoms with E-state index < -0.39 is 5.54 Å². The van der Waals surface area contributed by atoms with E-state index in [0.29, 0.717) is 24.2 Å². The van der Waals surface area contributed by atoms with Crippen LogP contribution in [0.25, 0.3) is 0 Å². The lowest BCUT2D eigenvalue weighted by molar-refractivity contribution is -0.125. The van der Waals surface area contributed by atoms with Crippen LogP contribution >= 0.6 is 0 Å². The van der Waals surface area contributed by atoms with Gasteiger partial charge in [-0.25, -0.2) is 0 Å². The van der Waals surface area contributed by atoms with E-state index in [-0.39, 0.29) is 19.1 Å². The zero-order valence-electron chi connectivity index (χ0n) is 11.8. The Hall–Kier alpha value is -2.06. The molecule has 1 aromatic carbocycles. The number of nitrogens with one attached hydrogen (secondary N) is 1. The number of amides is 1. The molecule has 0 saturated carbocycles. The van der Waals surface area contributed by atoms with Crippen LogP contribution in [0.1, 0.15) is 32.3 Å². The molecule has 0 fully saturated rings. The van der Waals surface area contributed by atoms with E-state index in [1.807, 2.05) is 19.9 Å². The summed E-state index contributed by atoms with van der Waals surface area (Å²) in [4.78, 5) is 11.9. The summed E-state index contributed by atoms with van der Waals surface area (Å²) in [5, 5.41) is 21.1. The number of aliphatic hydroxyl groups excluding tert-OH is 1. The molecule has 0 saturated heterocycles. The number of hydrogen-bond donors (Lipinski definition) is 2. The van der Waals surface area contributed by atoms with Crippen LogP contribution in [0.4, 0.5) is 0 Å². The Morgan fingerprint density at radius 1 is 1.40 bits per heavy atom. The normalized spacial score (nSPS) is 10.7. The Balaban J connectivity index is 2.62. The predicted molar refractivity (Wildman–Crippen MR) is 75.2 cm³/mol. The third kappa shape index (κ3) is 3.97. The van der Waals surface area contributed by atoms with Gasteiger partial charge in [0.2, 0.25) is 0 Å². The monoisotopic (exact) mass is 276 g/mol. The van der Waals surface area contributed by atoms with Crippen LogP contribution < -0.4 is 10.1 Å². The molecule has 0 aliphatic rings. The first-order chi connectivity index (χ1) is 9.60. The molecule has 0 aliphatic carbocycles. The van der Waals surface area contributed by atoms with Crippen LogP contribution in [0.5, 0.6) is 5.75 Å². The second kappa shape index (κ2) is 7.51. The largest absolute Gasteiger partial charge is 0.482 e. The number of hydrogen-bond acceptors (Lipinski definition) is 4. The molecule has 0 atom stereocenters. The number of ether oxygens (including phenoxy) is 1. The van der Waals surface area contributed by atoms with Gasteiger partial charge in [0.15, 0.2) is 6.61 Å². The number of carbonyl (C=O) groups excluding carboxylic acids is 1.